The van der Waals surface area contributed by atoms with E-state index in [9.17, 15) is 9.59 Å². The first-order chi connectivity index (χ1) is 9.11. The number of nitrogen functional groups attached to an aromatic ring is 1. The van der Waals surface area contributed by atoms with Crippen LogP contribution < -0.4 is 16.6 Å². The molecule has 0 aromatic carbocycles. The highest BCUT2D eigenvalue weighted by Gasteiger charge is 2.24. The van der Waals surface area contributed by atoms with E-state index >= 15 is 0 Å². The Morgan fingerprint density at radius 1 is 1.58 bits per heavy atom. The lowest BCUT2D eigenvalue weighted by atomic mass is 10.1. The van der Waals surface area contributed by atoms with Crippen LogP contribution >= 0.6 is 0 Å². The number of carbonyl (C=O) groups excluding carboxylic acids is 2. The van der Waals surface area contributed by atoms with Crippen molar-refractivity contribution in [3.05, 3.63) is 24.0 Å². The molecule has 1 aromatic heterocycles. The van der Waals surface area contributed by atoms with Crippen LogP contribution in [0.25, 0.3) is 0 Å². The van der Waals surface area contributed by atoms with Gasteiger partial charge < -0.3 is 15.6 Å². The summed E-state index contributed by atoms with van der Waals surface area (Å²) in [5.41, 5.74) is 3.38. The number of likely N-dealkylation sites (tertiary alicyclic amines) is 1. The van der Waals surface area contributed by atoms with Crippen LogP contribution in [0, 0.1) is 0 Å². The molecule has 19 heavy (non-hydrogen) atoms. The normalized spacial score (nSPS) is 19.2. The van der Waals surface area contributed by atoms with E-state index in [2.05, 4.69) is 15.7 Å². The van der Waals surface area contributed by atoms with Crippen molar-refractivity contribution in [3.8, 4) is 0 Å². The number of hydrogen-bond donors (Lipinski definition) is 3. The van der Waals surface area contributed by atoms with Crippen molar-refractivity contribution in [2.24, 2.45) is 5.84 Å². The number of nitrogens with two attached hydrogens (primary N) is 1. The predicted octanol–water partition coefficient (Wildman–Crippen LogP) is -0.282. The molecule has 2 amide bonds. The summed E-state index contributed by atoms with van der Waals surface area (Å²) < 4.78 is 0. The van der Waals surface area contributed by atoms with Gasteiger partial charge in [0.15, 0.2) is 0 Å². The van der Waals surface area contributed by atoms with E-state index in [0.717, 1.165) is 0 Å². The number of likely N-dealkylation sites (N-methyl/N-ethyl adjacent to an activating group) is 1. The topological polar surface area (TPSA) is 100 Å². The molecule has 2 heterocycles. The molecule has 102 valence electrons. The Bertz CT molecular complexity index is 491. The van der Waals surface area contributed by atoms with E-state index in [1.165, 1.54) is 6.20 Å². The van der Waals surface area contributed by atoms with Crippen molar-refractivity contribution in [3.63, 3.8) is 0 Å². The number of nitrogens with one attached hydrogen (secondary N) is 2. The Balaban J connectivity index is 2.03. The Kier molecular flexibility index (Phi) is 3.96. The Hall–Kier alpha value is -2.15. The quantitative estimate of drug-likeness (QED) is 0.514. The van der Waals surface area contributed by atoms with Crippen molar-refractivity contribution in [1.29, 1.82) is 0 Å². The van der Waals surface area contributed by atoms with Crippen molar-refractivity contribution in [1.82, 2.24) is 15.2 Å². The largest absolute Gasteiger partial charge is 0.347 e. The van der Waals surface area contributed by atoms with Gasteiger partial charge in [-0.05, 0) is 12.5 Å². The van der Waals surface area contributed by atoms with E-state index in [0.29, 0.717) is 30.6 Å². The summed E-state index contributed by atoms with van der Waals surface area (Å²) in [6.45, 7) is 0.524. The fourth-order valence-corrected chi connectivity index (χ4v) is 2.09. The van der Waals surface area contributed by atoms with Gasteiger partial charge in [-0.25, -0.2) is 0 Å². The molecule has 0 spiro atoms. The number of piperidine rings is 1. The van der Waals surface area contributed by atoms with Crippen LogP contribution in [-0.4, -0.2) is 41.3 Å². The van der Waals surface area contributed by atoms with Crippen molar-refractivity contribution >= 4 is 17.5 Å². The summed E-state index contributed by atoms with van der Waals surface area (Å²) in [7, 11) is 1.73. The number of anilines is 1. The maximum atomic E-state index is 12.1. The van der Waals surface area contributed by atoms with Gasteiger partial charge in [0, 0.05) is 38.4 Å². The smallest absolute Gasteiger partial charge is 0.255 e. The number of nitrogens with zero attached hydrogens (tertiary/aromatic N) is 2. The maximum absolute atomic E-state index is 12.1. The minimum Gasteiger partial charge on any atom is -0.347 e. The molecule has 1 aromatic rings. The molecule has 7 nitrogen and oxygen atoms in total. The standard InChI is InChI=1S/C12H17N5O2/c1-17-7-8(2-3-11(17)18)15-12(19)9-6-14-5-4-10(9)16-13/h4-6,8H,2-3,7,13H2,1H3,(H,14,16)(H,15,19). The van der Waals surface area contributed by atoms with Gasteiger partial charge in [0.1, 0.15) is 0 Å². The van der Waals surface area contributed by atoms with Crippen LogP contribution in [0.2, 0.25) is 0 Å². The molecule has 0 aliphatic carbocycles. The molecule has 1 fully saturated rings. The average molecular weight is 263 g/mol. The lowest BCUT2D eigenvalue weighted by molar-refractivity contribution is -0.132. The van der Waals surface area contributed by atoms with Gasteiger partial charge in [-0.1, -0.05) is 0 Å². The number of aromatic nitrogens is 1. The summed E-state index contributed by atoms with van der Waals surface area (Å²) in [5, 5.41) is 2.89. The van der Waals surface area contributed by atoms with Gasteiger partial charge in [0.05, 0.1) is 11.3 Å². The molecule has 1 atom stereocenters. The number of rotatable bonds is 3. The minimum absolute atomic E-state index is 0.0407. The molecule has 0 bridgehead atoms. The summed E-state index contributed by atoms with van der Waals surface area (Å²) in [6, 6.07) is 1.59. The van der Waals surface area contributed by atoms with Crippen molar-refractivity contribution in [2.75, 3.05) is 19.0 Å². The minimum atomic E-state index is -0.242. The van der Waals surface area contributed by atoms with Crippen LogP contribution in [-0.2, 0) is 4.79 Å². The number of hydrogen-bond acceptors (Lipinski definition) is 5. The van der Waals surface area contributed by atoms with Crippen molar-refractivity contribution in [2.45, 2.75) is 18.9 Å². The zero-order chi connectivity index (χ0) is 13.8. The third-order valence-electron chi connectivity index (χ3n) is 3.18. The summed E-state index contributed by atoms with van der Waals surface area (Å²) in [4.78, 5) is 29.0. The maximum Gasteiger partial charge on any atom is 0.255 e. The second-order valence-electron chi connectivity index (χ2n) is 4.55. The molecular formula is C12H17N5O2. The van der Waals surface area contributed by atoms with Gasteiger partial charge in [0.2, 0.25) is 5.91 Å². The fourth-order valence-electron chi connectivity index (χ4n) is 2.09. The van der Waals surface area contributed by atoms with Crippen molar-refractivity contribution < 1.29 is 9.59 Å². The first kappa shape index (κ1) is 13.3. The van der Waals surface area contributed by atoms with Gasteiger partial charge in [-0.2, -0.15) is 0 Å². The Morgan fingerprint density at radius 3 is 3.05 bits per heavy atom. The molecule has 1 saturated heterocycles. The number of hydrazine groups is 1. The van der Waals surface area contributed by atoms with E-state index in [4.69, 9.17) is 5.84 Å². The molecule has 1 unspecified atom stereocenters. The summed E-state index contributed by atoms with van der Waals surface area (Å²) in [5.74, 6) is 5.22. The molecule has 2 rings (SSSR count). The number of carbonyl (C=O) groups is 2. The van der Waals surface area contributed by atoms with Crippen LogP contribution in [0.15, 0.2) is 18.5 Å². The lowest BCUT2D eigenvalue weighted by Gasteiger charge is -2.30. The van der Waals surface area contributed by atoms with Crippen LogP contribution in [0.5, 0.6) is 0 Å². The van der Waals surface area contributed by atoms with E-state index < -0.39 is 0 Å². The van der Waals surface area contributed by atoms with E-state index in [1.54, 1.807) is 24.2 Å². The predicted molar refractivity (Wildman–Crippen MR) is 70.2 cm³/mol. The van der Waals surface area contributed by atoms with E-state index in [1.807, 2.05) is 0 Å². The zero-order valence-corrected chi connectivity index (χ0v) is 10.7. The van der Waals surface area contributed by atoms with Crippen LogP contribution in [0.3, 0.4) is 0 Å². The highest BCUT2D eigenvalue weighted by molar-refractivity contribution is 5.99. The Labute approximate surface area is 111 Å². The van der Waals surface area contributed by atoms with E-state index in [-0.39, 0.29) is 17.9 Å². The molecule has 1 aliphatic rings. The monoisotopic (exact) mass is 263 g/mol. The number of pyridine rings is 1. The van der Waals surface area contributed by atoms with Gasteiger partial charge in [0.25, 0.3) is 5.91 Å². The second kappa shape index (κ2) is 5.66. The molecule has 0 saturated carbocycles. The SMILES string of the molecule is CN1CC(NC(=O)c2cnccc2NN)CCC1=O. The summed E-state index contributed by atoms with van der Waals surface area (Å²) in [6.07, 6.45) is 4.12. The third kappa shape index (κ3) is 3.00. The molecule has 0 radical (unpaired) electrons. The highest BCUT2D eigenvalue weighted by atomic mass is 16.2. The first-order valence-corrected chi connectivity index (χ1v) is 6.07. The third-order valence-corrected chi connectivity index (χ3v) is 3.18. The molecule has 7 heteroatoms. The van der Waals surface area contributed by atoms with Gasteiger partial charge >= 0.3 is 0 Å². The number of amides is 2. The Morgan fingerprint density at radius 2 is 2.37 bits per heavy atom. The zero-order valence-electron chi connectivity index (χ0n) is 10.7. The van der Waals surface area contributed by atoms with Gasteiger partial charge in [-0.15, -0.1) is 0 Å². The average Bonchev–Trinajstić information content (AvgIpc) is 2.43. The van der Waals surface area contributed by atoms with Gasteiger partial charge in [-0.3, -0.25) is 20.4 Å². The lowest BCUT2D eigenvalue weighted by Crippen LogP contribution is -2.48. The second-order valence-corrected chi connectivity index (χ2v) is 4.55. The van der Waals surface area contributed by atoms with Crippen LogP contribution in [0.1, 0.15) is 23.2 Å². The van der Waals surface area contributed by atoms with Crippen LogP contribution in [0.4, 0.5) is 5.69 Å². The first-order valence-electron chi connectivity index (χ1n) is 6.07. The molecule has 1 aliphatic heterocycles. The molecular weight excluding hydrogens is 246 g/mol. The molecule has 4 N–H and O–H groups in total. The summed E-state index contributed by atoms with van der Waals surface area (Å²) >= 11 is 0. The highest BCUT2D eigenvalue weighted by Crippen LogP contribution is 2.14. The fraction of sp³-hybridized carbons (Fsp3) is 0.417.